The highest BCUT2D eigenvalue weighted by molar-refractivity contribution is 5.38. The lowest BCUT2D eigenvalue weighted by Crippen LogP contribution is -2.44. The SMILES string of the molecule is CNC1CCCN(c2cnc(C)c(C)n2)C1. The number of aryl methyl sites for hydroxylation is 2. The van der Waals surface area contributed by atoms with E-state index in [4.69, 9.17) is 0 Å². The Kier molecular flexibility index (Phi) is 3.39. The molecule has 0 radical (unpaired) electrons. The highest BCUT2D eigenvalue weighted by atomic mass is 15.2. The van der Waals surface area contributed by atoms with Crippen LogP contribution in [0.1, 0.15) is 24.2 Å². The molecular weight excluding hydrogens is 200 g/mol. The molecule has 1 unspecified atom stereocenters. The number of nitrogens with one attached hydrogen (secondary N) is 1. The summed E-state index contributed by atoms with van der Waals surface area (Å²) in [6, 6.07) is 0.581. The Balaban J connectivity index is 2.13. The number of rotatable bonds is 2. The van der Waals surface area contributed by atoms with Crippen molar-refractivity contribution in [1.29, 1.82) is 0 Å². The van der Waals surface area contributed by atoms with Crippen LogP contribution in [0.2, 0.25) is 0 Å². The zero-order valence-electron chi connectivity index (χ0n) is 10.3. The maximum absolute atomic E-state index is 4.60. The predicted octanol–water partition coefficient (Wildman–Crippen LogP) is 1.28. The third-order valence-electron chi connectivity index (χ3n) is 3.33. The Morgan fingerprint density at radius 2 is 2.19 bits per heavy atom. The van der Waals surface area contributed by atoms with Crippen molar-refractivity contribution in [3.05, 3.63) is 17.6 Å². The fourth-order valence-corrected chi connectivity index (χ4v) is 2.10. The maximum atomic E-state index is 4.60. The quantitative estimate of drug-likeness (QED) is 0.815. The van der Waals surface area contributed by atoms with Crippen molar-refractivity contribution in [2.45, 2.75) is 32.7 Å². The number of likely N-dealkylation sites (N-methyl/N-ethyl adjacent to an activating group) is 1. The Bertz CT molecular complexity index is 364. The molecule has 1 aliphatic heterocycles. The Morgan fingerprint density at radius 3 is 2.88 bits per heavy atom. The van der Waals surface area contributed by atoms with Gasteiger partial charge in [0, 0.05) is 19.1 Å². The van der Waals surface area contributed by atoms with Crippen LogP contribution in [0.15, 0.2) is 6.20 Å². The molecule has 1 aromatic heterocycles. The number of piperidine rings is 1. The van der Waals surface area contributed by atoms with E-state index in [2.05, 4.69) is 20.2 Å². The second kappa shape index (κ2) is 4.78. The van der Waals surface area contributed by atoms with Crippen molar-refractivity contribution in [2.24, 2.45) is 0 Å². The molecule has 2 rings (SSSR count). The Hall–Kier alpha value is -1.16. The van der Waals surface area contributed by atoms with Gasteiger partial charge in [-0.2, -0.15) is 0 Å². The molecule has 0 spiro atoms. The van der Waals surface area contributed by atoms with Gasteiger partial charge in [0.15, 0.2) is 0 Å². The molecule has 1 fully saturated rings. The molecule has 0 aromatic carbocycles. The van der Waals surface area contributed by atoms with Crippen LogP contribution in [0.3, 0.4) is 0 Å². The van der Waals surface area contributed by atoms with E-state index in [-0.39, 0.29) is 0 Å². The largest absolute Gasteiger partial charge is 0.354 e. The summed E-state index contributed by atoms with van der Waals surface area (Å²) < 4.78 is 0. The highest BCUT2D eigenvalue weighted by Crippen LogP contribution is 2.17. The summed E-state index contributed by atoms with van der Waals surface area (Å²) >= 11 is 0. The van der Waals surface area contributed by atoms with Gasteiger partial charge in [0.05, 0.1) is 17.6 Å². The lowest BCUT2D eigenvalue weighted by Gasteiger charge is -2.33. The lowest BCUT2D eigenvalue weighted by molar-refractivity contribution is 0.447. The first-order valence-electron chi connectivity index (χ1n) is 5.93. The third kappa shape index (κ3) is 2.32. The van der Waals surface area contributed by atoms with Crippen molar-refractivity contribution in [3.8, 4) is 0 Å². The van der Waals surface area contributed by atoms with Gasteiger partial charge in [-0.1, -0.05) is 0 Å². The summed E-state index contributed by atoms with van der Waals surface area (Å²) in [4.78, 5) is 11.3. The molecule has 1 aliphatic rings. The van der Waals surface area contributed by atoms with Gasteiger partial charge in [-0.05, 0) is 33.7 Å². The second-order valence-corrected chi connectivity index (χ2v) is 4.47. The molecule has 0 bridgehead atoms. The van der Waals surface area contributed by atoms with Gasteiger partial charge in [-0.25, -0.2) is 4.98 Å². The molecule has 2 heterocycles. The van der Waals surface area contributed by atoms with E-state index in [1.165, 1.54) is 12.8 Å². The fourth-order valence-electron chi connectivity index (χ4n) is 2.10. The van der Waals surface area contributed by atoms with Crippen LogP contribution >= 0.6 is 0 Å². The standard InChI is InChI=1S/C12H20N4/c1-9-10(2)15-12(7-14-9)16-6-4-5-11(8-16)13-3/h7,11,13H,4-6,8H2,1-3H3. The van der Waals surface area contributed by atoms with E-state index in [9.17, 15) is 0 Å². The molecule has 0 saturated carbocycles. The fraction of sp³-hybridized carbons (Fsp3) is 0.667. The average Bonchev–Trinajstić information content (AvgIpc) is 2.33. The van der Waals surface area contributed by atoms with Crippen molar-refractivity contribution >= 4 is 5.82 Å². The van der Waals surface area contributed by atoms with E-state index in [0.29, 0.717) is 6.04 Å². The summed E-state index contributed by atoms with van der Waals surface area (Å²) in [6.07, 6.45) is 4.37. The van der Waals surface area contributed by atoms with Gasteiger partial charge >= 0.3 is 0 Å². The van der Waals surface area contributed by atoms with E-state index in [1.54, 1.807) is 0 Å². The molecule has 0 amide bonds. The van der Waals surface area contributed by atoms with Gasteiger partial charge in [-0.3, -0.25) is 4.98 Å². The summed E-state index contributed by atoms with van der Waals surface area (Å²) in [5.74, 6) is 1.02. The van der Waals surface area contributed by atoms with Crippen molar-refractivity contribution in [3.63, 3.8) is 0 Å². The molecule has 88 valence electrons. The molecule has 1 saturated heterocycles. The van der Waals surface area contributed by atoms with Gasteiger partial charge < -0.3 is 10.2 Å². The minimum atomic E-state index is 0.581. The normalized spacial score (nSPS) is 21.2. The molecule has 0 aliphatic carbocycles. The Morgan fingerprint density at radius 1 is 1.38 bits per heavy atom. The first kappa shape index (κ1) is 11.3. The smallest absolute Gasteiger partial charge is 0.147 e. The van der Waals surface area contributed by atoms with Crippen LogP contribution in [-0.4, -0.2) is 36.1 Å². The van der Waals surface area contributed by atoms with Crippen LogP contribution in [0, 0.1) is 13.8 Å². The van der Waals surface area contributed by atoms with Crippen molar-refractivity contribution in [1.82, 2.24) is 15.3 Å². The molecular formula is C12H20N4. The topological polar surface area (TPSA) is 41.0 Å². The Labute approximate surface area is 97.1 Å². The maximum Gasteiger partial charge on any atom is 0.147 e. The van der Waals surface area contributed by atoms with Crippen LogP contribution in [0.25, 0.3) is 0 Å². The van der Waals surface area contributed by atoms with Gasteiger partial charge in [0.1, 0.15) is 5.82 Å². The first-order valence-corrected chi connectivity index (χ1v) is 5.93. The first-order chi connectivity index (χ1) is 7.70. The monoisotopic (exact) mass is 220 g/mol. The van der Waals surface area contributed by atoms with E-state index in [0.717, 1.165) is 30.3 Å². The predicted molar refractivity (Wildman–Crippen MR) is 65.8 cm³/mol. The molecule has 1 N–H and O–H groups in total. The summed E-state index contributed by atoms with van der Waals surface area (Å²) in [5.41, 5.74) is 2.05. The van der Waals surface area contributed by atoms with Crippen LogP contribution in [0.5, 0.6) is 0 Å². The summed E-state index contributed by atoms with van der Waals surface area (Å²) in [5, 5.41) is 3.34. The average molecular weight is 220 g/mol. The van der Waals surface area contributed by atoms with Gasteiger partial charge in [-0.15, -0.1) is 0 Å². The number of hydrogen-bond acceptors (Lipinski definition) is 4. The number of hydrogen-bond donors (Lipinski definition) is 1. The molecule has 4 heteroatoms. The second-order valence-electron chi connectivity index (χ2n) is 4.47. The minimum absolute atomic E-state index is 0.581. The molecule has 16 heavy (non-hydrogen) atoms. The summed E-state index contributed by atoms with van der Waals surface area (Å²) in [6.45, 7) is 6.15. The minimum Gasteiger partial charge on any atom is -0.354 e. The van der Waals surface area contributed by atoms with Crippen LogP contribution in [0.4, 0.5) is 5.82 Å². The summed E-state index contributed by atoms with van der Waals surface area (Å²) in [7, 11) is 2.03. The number of nitrogens with zero attached hydrogens (tertiary/aromatic N) is 3. The van der Waals surface area contributed by atoms with Crippen LogP contribution < -0.4 is 10.2 Å². The number of aromatic nitrogens is 2. The molecule has 1 atom stereocenters. The van der Waals surface area contributed by atoms with E-state index < -0.39 is 0 Å². The third-order valence-corrected chi connectivity index (χ3v) is 3.33. The lowest BCUT2D eigenvalue weighted by atomic mass is 10.1. The van der Waals surface area contributed by atoms with Crippen molar-refractivity contribution in [2.75, 3.05) is 25.0 Å². The van der Waals surface area contributed by atoms with Gasteiger partial charge in [0.25, 0.3) is 0 Å². The van der Waals surface area contributed by atoms with E-state index >= 15 is 0 Å². The zero-order valence-corrected chi connectivity index (χ0v) is 10.3. The molecule has 4 nitrogen and oxygen atoms in total. The zero-order chi connectivity index (χ0) is 11.5. The van der Waals surface area contributed by atoms with Crippen LogP contribution in [-0.2, 0) is 0 Å². The van der Waals surface area contributed by atoms with E-state index in [1.807, 2.05) is 27.1 Å². The van der Waals surface area contributed by atoms with Gasteiger partial charge in [0.2, 0.25) is 0 Å². The highest BCUT2D eigenvalue weighted by Gasteiger charge is 2.19. The molecule has 1 aromatic rings. The number of anilines is 1. The van der Waals surface area contributed by atoms with Crippen molar-refractivity contribution < 1.29 is 0 Å².